The first kappa shape index (κ1) is 16.5. The zero-order valence-corrected chi connectivity index (χ0v) is 14.2. The van der Waals surface area contributed by atoms with Crippen molar-refractivity contribution in [3.05, 3.63) is 18.0 Å². The molecule has 2 N–H and O–H groups in total. The lowest BCUT2D eigenvalue weighted by atomic mass is 10.1. The average molecular weight is 313 g/mol. The first-order valence-electron chi connectivity index (χ1n) is 7.71. The normalized spacial score (nSPS) is 17.4. The molecule has 1 heterocycles. The van der Waals surface area contributed by atoms with Gasteiger partial charge in [0.15, 0.2) is 0 Å². The molecule has 0 aliphatic heterocycles. The second kappa shape index (κ2) is 6.50. The second-order valence-electron chi connectivity index (χ2n) is 6.49. The first-order chi connectivity index (χ1) is 9.83. The Morgan fingerprint density at radius 1 is 1.33 bits per heavy atom. The Labute approximate surface area is 128 Å². The minimum absolute atomic E-state index is 0.0491. The molecule has 1 unspecified atom stereocenters. The van der Waals surface area contributed by atoms with Gasteiger partial charge in [-0.2, -0.15) is 0 Å². The average Bonchev–Trinajstić information content (AvgIpc) is 3.09. The van der Waals surface area contributed by atoms with Crippen LogP contribution < -0.4 is 10.0 Å². The summed E-state index contributed by atoms with van der Waals surface area (Å²) in [7, 11) is -1.55. The van der Waals surface area contributed by atoms with Crippen molar-refractivity contribution in [3.63, 3.8) is 0 Å². The summed E-state index contributed by atoms with van der Waals surface area (Å²) in [5.74, 6) is 0.471. The molecule has 1 fully saturated rings. The molecule has 0 bridgehead atoms. The smallest absolute Gasteiger partial charge is 0.242 e. The highest BCUT2D eigenvalue weighted by Crippen LogP contribution is 2.37. The maximum absolute atomic E-state index is 12.5. The van der Waals surface area contributed by atoms with E-state index < -0.39 is 10.0 Å². The maximum Gasteiger partial charge on any atom is 0.242 e. The highest BCUT2D eigenvalue weighted by Gasteiger charge is 2.28. The van der Waals surface area contributed by atoms with Gasteiger partial charge in [0.2, 0.25) is 10.0 Å². The summed E-state index contributed by atoms with van der Waals surface area (Å²) in [4.78, 5) is 0.384. The lowest BCUT2D eigenvalue weighted by Crippen LogP contribution is -2.33. The summed E-state index contributed by atoms with van der Waals surface area (Å²) in [6.45, 7) is 6.80. The van der Waals surface area contributed by atoms with Crippen LogP contribution in [0.5, 0.6) is 0 Å². The molecule has 1 aliphatic carbocycles. The molecule has 2 rings (SSSR count). The van der Waals surface area contributed by atoms with Crippen molar-refractivity contribution in [3.8, 4) is 0 Å². The molecular weight excluding hydrogens is 286 g/mol. The standard InChI is InChI=1S/C15H27N3O2S/c1-11(2)7-12(3)17-21(19,20)15-8-14(9-16-4)18(10-15)13-5-6-13/h8,10-13,16-17H,5-7,9H2,1-4H3. The molecule has 21 heavy (non-hydrogen) atoms. The zero-order valence-electron chi connectivity index (χ0n) is 13.4. The van der Waals surface area contributed by atoms with Crippen molar-refractivity contribution < 1.29 is 8.42 Å². The van der Waals surface area contributed by atoms with E-state index in [1.165, 1.54) is 0 Å². The largest absolute Gasteiger partial charge is 0.346 e. The Balaban J connectivity index is 2.17. The lowest BCUT2D eigenvalue weighted by molar-refractivity contribution is 0.482. The molecule has 0 saturated heterocycles. The van der Waals surface area contributed by atoms with Crippen LogP contribution in [-0.4, -0.2) is 26.1 Å². The number of nitrogens with one attached hydrogen (secondary N) is 2. The van der Waals surface area contributed by atoms with Crippen LogP contribution in [0.25, 0.3) is 0 Å². The number of sulfonamides is 1. The molecule has 1 atom stereocenters. The molecule has 5 nitrogen and oxygen atoms in total. The topological polar surface area (TPSA) is 63.1 Å². The highest BCUT2D eigenvalue weighted by molar-refractivity contribution is 7.89. The molecule has 0 radical (unpaired) electrons. The van der Waals surface area contributed by atoms with Crippen molar-refractivity contribution in [1.82, 2.24) is 14.6 Å². The van der Waals surface area contributed by atoms with E-state index in [0.717, 1.165) is 25.0 Å². The third kappa shape index (κ3) is 4.31. The SMILES string of the molecule is CNCc1cc(S(=O)(=O)NC(C)CC(C)C)cn1C1CC1. The van der Waals surface area contributed by atoms with E-state index in [0.29, 0.717) is 23.4 Å². The molecule has 1 saturated carbocycles. The summed E-state index contributed by atoms with van der Waals surface area (Å²) < 4.78 is 29.9. The highest BCUT2D eigenvalue weighted by atomic mass is 32.2. The van der Waals surface area contributed by atoms with Crippen LogP contribution in [0.1, 0.15) is 51.8 Å². The third-order valence-electron chi connectivity index (χ3n) is 3.70. The Hall–Kier alpha value is -0.850. The van der Waals surface area contributed by atoms with Gasteiger partial charge in [-0.3, -0.25) is 0 Å². The van der Waals surface area contributed by atoms with E-state index in [2.05, 4.69) is 28.5 Å². The van der Waals surface area contributed by atoms with E-state index in [4.69, 9.17) is 0 Å². The number of rotatable bonds is 8. The Morgan fingerprint density at radius 2 is 2.00 bits per heavy atom. The number of nitrogens with zero attached hydrogens (tertiary/aromatic N) is 1. The quantitative estimate of drug-likeness (QED) is 0.774. The van der Waals surface area contributed by atoms with Gasteiger partial charge in [-0.1, -0.05) is 13.8 Å². The molecule has 1 aromatic rings. The predicted molar refractivity (Wildman–Crippen MR) is 84.7 cm³/mol. The van der Waals surface area contributed by atoms with Crippen molar-refractivity contribution in [2.75, 3.05) is 7.05 Å². The molecule has 6 heteroatoms. The molecule has 0 spiro atoms. The van der Waals surface area contributed by atoms with E-state index >= 15 is 0 Å². The second-order valence-corrected chi connectivity index (χ2v) is 8.20. The van der Waals surface area contributed by atoms with Gasteiger partial charge in [0.05, 0.1) is 4.90 Å². The van der Waals surface area contributed by atoms with E-state index in [9.17, 15) is 8.42 Å². The van der Waals surface area contributed by atoms with Crippen molar-refractivity contribution >= 4 is 10.0 Å². The minimum Gasteiger partial charge on any atom is -0.346 e. The van der Waals surface area contributed by atoms with Gasteiger partial charge in [0, 0.05) is 30.5 Å². The van der Waals surface area contributed by atoms with Crippen molar-refractivity contribution in [2.45, 2.75) is 63.6 Å². The maximum atomic E-state index is 12.5. The summed E-state index contributed by atoms with van der Waals surface area (Å²) in [5.41, 5.74) is 1.04. The van der Waals surface area contributed by atoms with Gasteiger partial charge in [-0.05, 0) is 45.2 Å². The van der Waals surface area contributed by atoms with Gasteiger partial charge >= 0.3 is 0 Å². The van der Waals surface area contributed by atoms with Gasteiger partial charge in [-0.15, -0.1) is 0 Å². The van der Waals surface area contributed by atoms with Crippen LogP contribution in [0.4, 0.5) is 0 Å². The van der Waals surface area contributed by atoms with Crippen molar-refractivity contribution in [2.24, 2.45) is 5.92 Å². The van der Waals surface area contributed by atoms with E-state index in [-0.39, 0.29) is 6.04 Å². The number of aromatic nitrogens is 1. The number of hydrogen-bond donors (Lipinski definition) is 2. The summed E-state index contributed by atoms with van der Waals surface area (Å²) in [6, 6.07) is 2.22. The van der Waals surface area contributed by atoms with Crippen LogP contribution in [0.2, 0.25) is 0 Å². The van der Waals surface area contributed by atoms with Crippen LogP contribution >= 0.6 is 0 Å². The molecular formula is C15H27N3O2S. The molecule has 1 aliphatic rings. The van der Waals surface area contributed by atoms with E-state index in [1.807, 2.05) is 14.0 Å². The zero-order chi connectivity index (χ0) is 15.6. The Kier molecular flexibility index (Phi) is 5.11. The fourth-order valence-corrected chi connectivity index (χ4v) is 4.05. The summed E-state index contributed by atoms with van der Waals surface area (Å²) in [6.07, 6.45) is 4.91. The van der Waals surface area contributed by atoms with Crippen LogP contribution in [0, 0.1) is 5.92 Å². The van der Waals surface area contributed by atoms with Gasteiger partial charge < -0.3 is 9.88 Å². The predicted octanol–water partition coefficient (Wildman–Crippen LogP) is 2.26. The van der Waals surface area contributed by atoms with E-state index in [1.54, 1.807) is 12.3 Å². The third-order valence-corrected chi connectivity index (χ3v) is 5.25. The van der Waals surface area contributed by atoms with Gasteiger partial charge in [0.1, 0.15) is 0 Å². The van der Waals surface area contributed by atoms with Crippen LogP contribution in [0.15, 0.2) is 17.2 Å². The van der Waals surface area contributed by atoms with Crippen LogP contribution in [0.3, 0.4) is 0 Å². The van der Waals surface area contributed by atoms with Gasteiger partial charge in [-0.25, -0.2) is 13.1 Å². The number of hydrogen-bond acceptors (Lipinski definition) is 3. The molecule has 0 amide bonds. The Bertz CT molecular complexity index is 574. The summed E-state index contributed by atoms with van der Waals surface area (Å²) in [5, 5.41) is 3.10. The first-order valence-corrected chi connectivity index (χ1v) is 9.19. The molecule has 120 valence electrons. The summed E-state index contributed by atoms with van der Waals surface area (Å²) >= 11 is 0. The molecule has 1 aromatic heterocycles. The minimum atomic E-state index is -3.43. The fourth-order valence-electron chi connectivity index (χ4n) is 2.75. The Morgan fingerprint density at radius 3 is 2.52 bits per heavy atom. The monoisotopic (exact) mass is 313 g/mol. The van der Waals surface area contributed by atoms with Crippen molar-refractivity contribution in [1.29, 1.82) is 0 Å². The van der Waals surface area contributed by atoms with Gasteiger partial charge in [0.25, 0.3) is 0 Å². The van der Waals surface area contributed by atoms with Crippen LogP contribution in [-0.2, 0) is 16.6 Å². The molecule has 0 aromatic carbocycles. The lowest BCUT2D eigenvalue weighted by Gasteiger charge is -2.15. The fraction of sp³-hybridized carbons (Fsp3) is 0.733.